The Morgan fingerprint density at radius 3 is 2.06 bits per heavy atom. The summed E-state index contributed by atoms with van der Waals surface area (Å²) in [5.41, 5.74) is -0.683. The quantitative estimate of drug-likeness (QED) is 0.674. The van der Waals surface area contributed by atoms with Gasteiger partial charge in [0.05, 0.1) is 9.13 Å². The molecule has 0 amide bonds. The number of para-hydroxylation sites is 1. The second kappa shape index (κ2) is 5.17. The van der Waals surface area contributed by atoms with Crippen molar-refractivity contribution < 1.29 is 17.9 Å². The van der Waals surface area contributed by atoms with Crippen LogP contribution in [0.5, 0.6) is 11.5 Å². The van der Waals surface area contributed by atoms with Gasteiger partial charge in [-0.25, -0.2) is 0 Å². The van der Waals surface area contributed by atoms with Crippen LogP contribution in [0.3, 0.4) is 0 Å². The van der Waals surface area contributed by atoms with Crippen molar-refractivity contribution in [1.29, 1.82) is 0 Å². The van der Waals surface area contributed by atoms with Crippen LogP contribution in [0.4, 0.5) is 13.2 Å². The van der Waals surface area contributed by atoms with E-state index in [0.29, 0.717) is 11.5 Å². The van der Waals surface area contributed by atoms with Crippen LogP contribution >= 0.6 is 22.6 Å². The minimum atomic E-state index is -4.32. The van der Waals surface area contributed by atoms with Gasteiger partial charge in [-0.3, -0.25) is 0 Å². The van der Waals surface area contributed by atoms with E-state index >= 15 is 0 Å². The molecule has 18 heavy (non-hydrogen) atoms. The van der Waals surface area contributed by atoms with Gasteiger partial charge in [0.1, 0.15) is 11.5 Å². The van der Waals surface area contributed by atoms with E-state index in [1.165, 1.54) is 12.1 Å². The van der Waals surface area contributed by atoms with E-state index < -0.39 is 11.7 Å². The van der Waals surface area contributed by atoms with Crippen LogP contribution in [0, 0.1) is 3.57 Å². The zero-order valence-corrected chi connectivity index (χ0v) is 11.2. The van der Waals surface area contributed by atoms with Gasteiger partial charge in [-0.1, -0.05) is 12.1 Å². The molecule has 2 aromatic carbocycles. The van der Waals surface area contributed by atoms with Gasteiger partial charge in [0.2, 0.25) is 0 Å². The highest BCUT2D eigenvalue weighted by Crippen LogP contribution is 2.32. The lowest BCUT2D eigenvalue weighted by Gasteiger charge is -2.09. The summed E-state index contributed by atoms with van der Waals surface area (Å²) in [6.45, 7) is 0. The second-order valence-corrected chi connectivity index (χ2v) is 4.72. The maximum absolute atomic E-state index is 12.4. The van der Waals surface area contributed by atoms with E-state index in [-0.39, 0.29) is 0 Å². The standard InChI is InChI=1S/C13H8F3IO/c14-13(15,16)9-5-7-10(8-6-9)18-12-4-2-1-3-11(12)17/h1-8H. The lowest BCUT2D eigenvalue weighted by atomic mass is 10.2. The average Bonchev–Trinajstić information content (AvgIpc) is 2.32. The molecule has 0 saturated carbocycles. The van der Waals surface area contributed by atoms with Gasteiger partial charge >= 0.3 is 6.18 Å². The molecule has 0 N–H and O–H groups in total. The van der Waals surface area contributed by atoms with Crippen molar-refractivity contribution in [1.82, 2.24) is 0 Å². The summed E-state index contributed by atoms with van der Waals surface area (Å²) in [7, 11) is 0. The van der Waals surface area contributed by atoms with Crippen LogP contribution in [0.25, 0.3) is 0 Å². The second-order valence-electron chi connectivity index (χ2n) is 3.55. The van der Waals surface area contributed by atoms with Crippen molar-refractivity contribution in [2.75, 3.05) is 0 Å². The van der Waals surface area contributed by atoms with Crippen molar-refractivity contribution in [2.45, 2.75) is 6.18 Å². The SMILES string of the molecule is FC(F)(F)c1ccc(Oc2ccccc2I)cc1. The maximum atomic E-state index is 12.4. The van der Waals surface area contributed by atoms with Gasteiger partial charge in [-0.05, 0) is 59.0 Å². The van der Waals surface area contributed by atoms with E-state index in [1.54, 1.807) is 6.07 Å². The third-order valence-electron chi connectivity index (χ3n) is 2.25. The molecule has 0 radical (unpaired) electrons. The molecule has 0 heterocycles. The summed E-state index contributed by atoms with van der Waals surface area (Å²) in [4.78, 5) is 0. The summed E-state index contributed by atoms with van der Waals surface area (Å²) < 4.78 is 43.5. The summed E-state index contributed by atoms with van der Waals surface area (Å²) in [5, 5.41) is 0. The van der Waals surface area contributed by atoms with Gasteiger partial charge in [0.25, 0.3) is 0 Å². The van der Waals surface area contributed by atoms with E-state index in [2.05, 4.69) is 22.6 Å². The predicted octanol–water partition coefficient (Wildman–Crippen LogP) is 5.10. The summed E-state index contributed by atoms with van der Waals surface area (Å²) in [6.07, 6.45) is -4.32. The smallest absolute Gasteiger partial charge is 0.416 e. The minimum Gasteiger partial charge on any atom is -0.456 e. The first kappa shape index (κ1) is 13.2. The Morgan fingerprint density at radius 2 is 1.50 bits per heavy atom. The van der Waals surface area contributed by atoms with Crippen LogP contribution in [0.1, 0.15) is 5.56 Å². The number of alkyl halides is 3. The van der Waals surface area contributed by atoms with Crippen LogP contribution in [0.2, 0.25) is 0 Å². The number of hydrogen-bond acceptors (Lipinski definition) is 1. The Bertz CT molecular complexity index is 535. The molecule has 0 unspecified atom stereocenters. The molecule has 0 aliphatic heterocycles. The molecule has 0 aliphatic rings. The predicted molar refractivity (Wildman–Crippen MR) is 70.7 cm³/mol. The van der Waals surface area contributed by atoms with Crippen LogP contribution in [-0.4, -0.2) is 0 Å². The fourth-order valence-electron chi connectivity index (χ4n) is 1.37. The Morgan fingerprint density at radius 1 is 0.889 bits per heavy atom. The fourth-order valence-corrected chi connectivity index (χ4v) is 1.86. The van der Waals surface area contributed by atoms with Gasteiger partial charge < -0.3 is 4.74 Å². The molecule has 1 nitrogen and oxygen atoms in total. The molecule has 5 heteroatoms. The molecule has 2 aromatic rings. The first-order valence-corrected chi connectivity index (χ1v) is 6.14. The molecule has 2 rings (SSSR count). The van der Waals surface area contributed by atoms with Crippen LogP contribution in [-0.2, 0) is 6.18 Å². The Kier molecular flexibility index (Phi) is 3.79. The maximum Gasteiger partial charge on any atom is 0.416 e. The molecular formula is C13H8F3IO. The highest BCUT2D eigenvalue weighted by molar-refractivity contribution is 14.1. The molecule has 0 saturated heterocycles. The van der Waals surface area contributed by atoms with Gasteiger partial charge in [-0.2, -0.15) is 13.2 Å². The van der Waals surface area contributed by atoms with Crippen molar-refractivity contribution in [3.05, 3.63) is 57.7 Å². The van der Waals surface area contributed by atoms with Gasteiger partial charge in [0.15, 0.2) is 0 Å². The van der Waals surface area contributed by atoms with Crippen molar-refractivity contribution in [3.8, 4) is 11.5 Å². The first-order valence-electron chi connectivity index (χ1n) is 5.06. The first-order chi connectivity index (χ1) is 8.47. The van der Waals surface area contributed by atoms with E-state index in [9.17, 15) is 13.2 Å². The van der Waals surface area contributed by atoms with Gasteiger partial charge in [-0.15, -0.1) is 0 Å². The lowest BCUT2D eigenvalue weighted by molar-refractivity contribution is -0.137. The van der Waals surface area contributed by atoms with Crippen molar-refractivity contribution in [2.24, 2.45) is 0 Å². The molecule has 0 aliphatic carbocycles. The fraction of sp³-hybridized carbons (Fsp3) is 0.0769. The number of benzene rings is 2. The van der Waals surface area contributed by atoms with Gasteiger partial charge in [0, 0.05) is 0 Å². The minimum absolute atomic E-state index is 0.382. The number of rotatable bonds is 2. The van der Waals surface area contributed by atoms with E-state index in [0.717, 1.165) is 15.7 Å². The highest BCUT2D eigenvalue weighted by Gasteiger charge is 2.30. The Hall–Kier alpha value is -1.24. The van der Waals surface area contributed by atoms with E-state index in [4.69, 9.17) is 4.74 Å². The zero-order chi connectivity index (χ0) is 13.2. The summed E-state index contributed by atoms with van der Waals surface area (Å²) in [6, 6.07) is 11.9. The summed E-state index contributed by atoms with van der Waals surface area (Å²) >= 11 is 2.10. The zero-order valence-electron chi connectivity index (χ0n) is 9.04. The molecule has 0 spiro atoms. The van der Waals surface area contributed by atoms with Crippen LogP contribution in [0.15, 0.2) is 48.5 Å². The molecular weight excluding hydrogens is 356 g/mol. The molecule has 0 atom stereocenters. The topological polar surface area (TPSA) is 9.23 Å². The molecule has 0 aromatic heterocycles. The highest BCUT2D eigenvalue weighted by atomic mass is 127. The number of hydrogen-bond donors (Lipinski definition) is 0. The van der Waals surface area contributed by atoms with Crippen molar-refractivity contribution >= 4 is 22.6 Å². The Balaban J connectivity index is 2.19. The van der Waals surface area contributed by atoms with Crippen LogP contribution < -0.4 is 4.74 Å². The molecule has 0 bridgehead atoms. The number of ether oxygens (including phenoxy) is 1. The summed E-state index contributed by atoms with van der Waals surface area (Å²) in [5.74, 6) is 1.00. The normalized spacial score (nSPS) is 11.3. The van der Waals surface area contributed by atoms with Crippen molar-refractivity contribution in [3.63, 3.8) is 0 Å². The van der Waals surface area contributed by atoms with E-state index in [1.807, 2.05) is 18.2 Å². The molecule has 0 fully saturated rings. The monoisotopic (exact) mass is 364 g/mol. The largest absolute Gasteiger partial charge is 0.456 e. The Labute approximate surface area is 116 Å². The third kappa shape index (κ3) is 3.16. The molecule has 94 valence electrons. The number of halogens is 4. The average molecular weight is 364 g/mol. The lowest BCUT2D eigenvalue weighted by Crippen LogP contribution is -2.04. The third-order valence-corrected chi connectivity index (χ3v) is 3.14.